The van der Waals surface area contributed by atoms with Crippen LogP contribution >= 0.6 is 24.0 Å². The number of halogens is 1. The number of nitrogens with zero attached hydrogens (tertiary/aromatic N) is 4. The summed E-state index contributed by atoms with van der Waals surface area (Å²) in [5.41, 5.74) is 3.45. The van der Waals surface area contributed by atoms with Crippen molar-refractivity contribution in [2.45, 2.75) is 31.8 Å². The molecule has 0 amide bonds. The highest BCUT2D eigenvalue weighted by Gasteiger charge is 2.22. The van der Waals surface area contributed by atoms with Crippen LogP contribution in [-0.2, 0) is 13.6 Å². The molecule has 0 bridgehead atoms. The Morgan fingerprint density at radius 2 is 1.79 bits per heavy atom. The van der Waals surface area contributed by atoms with Crippen LogP contribution in [0.15, 0.2) is 53.5 Å². The van der Waals surface area contributed by atoms with E-state index in [1.54, 1.807) is 7.11 Å². The zero-order chi connectivity index (χ0) is 22.3. The Balaban J connectivity index is 0.00000306. The van der Waals surface area contributed by atoms with Crippen LogP contribution < -0.4 is 15.4 Å². The molecule has 2 N–H and O–H groups in total. The minimum absolute atomic E-state index is 0. The summed E-state index contributed by atoms with van der Waals surface area (Å²) in [5.74, 6) is 2.66. The third-order valence-corrected chi connectivity index (χ3v) is 6.31. The van der Waals surface area contributed by atoms with Crippen molar-refractivity contribution < 1.29 is 4.74 Å². The van der Waals surface area contributed by atoms with Gasteiger partial charge in [-0.15, -0.1) is 24.0 Å². The van der Waals surface area contributed by atoms with Crippen molar-refractivity contribution in [2.24, 2.45) is 12.0 Å². The molecule has 1 atom stereocenters. The molecule has 1 saturated heterocycles. The monoisotopic (exact) mass is 562 g/mol. The van der Waals surface area contributed by atoms with Crippen molar-refractivity contribution in [1.82, 2.24) is 25.1 Å². The molecule has 4 rings (SSSR count). The van der Waals surface area contributed by atoms with Crippen molar-refractivity contribution in [3.63, 3.8) is 0 Å². The van der Waals surface area contributed by atoms with Gasteiger partial charge in [0.25, 0.3) is 0 Å². The average molecular weight is 563 g/mol. The van der Waals surface area contributed by atoms with Gasteiger partial charge < -0.3 is 19.9 Å². The predicted octanol–water partition coefficient (Wildman–Crippen LogP) is 4.09. The van der Waals surface area contributed by atoms with Gasteiger partial charge in [-0.1, -0.05) is 30.7 Å². The number of guanidine groups is 1. The molecule has 0 aliphatic carbocycles. The van der Waals surface area contributed by atoms with Crippen molar-refractivity contribution in [2.75, 3.05) is 33.8 Å². The topological polar surface area (TPSA) is 66.7 Å². The van der Waals surface area contributed by atoms with Gasteiger partial charge >= 0.3 is 0 Å². The fourth-order valence-electron chi connectivity index (χ4n) is 4.44. The number of para-hydroxylation sites is 2. The molecule has 1 aliphatic rings. The van der Waals surface area contributed by atoms with Gasteiger partial charge in [-0.05, 0) is 55.8 Å². The minimum Gasteiger partial charge on any atom is -0.497 e. The molecule has 0 spiro atoms. The van der Waals surface area contributed by atoms with Gasteiger partial charge in [-0.2, -0.15) is 0 Å². The maximum Gasteiger partial charge on any atom is 0.191 e. The summed E-state index contributed by atoms with van der Waals surface area (Å²) >= 11 is 0. The Bertz CT molecular complexity index is 1040. The first-order chi connectivity index (χ1) is 15.7. The SMILES string of the molecule is CN=C(NCc1nc2ccccc2n1C)NCC(c1ccc(OC)cc1)N1CCCCC1.I. The number of benzene rings is 2. The lowest BCUT2D eigenvalue weighted by molar-refractivity contribution is 0.164. The molecule has 2 heterocycles. The summed E-state index contributed by atoms with van der Waals surface area (Å²) in [6.07, 6.45) is 3.83. The van der Waals surface area contributed by atoms with E-state index >= 15 is 0 Å². The molecular weight excluding hydrogens is 527 g/mol. The van der Waals surface area contributed by atoms with E-state index in [2.05, 4.69) is 50.3 Å². The molecule has 0 saturated carbocycles. The molecule has 2 aromatic carbocycles. The minimum atomic E-state index is 0. The number of aryl methyl sites for hydroxylation is 1. The highest BCUT2D eigenvalue weighted by Crippen LogP contribution is 2.26. The van der Waals surface area contributed by atoms with Crippen LogP contribution in [0.4, 0.5) is 0 Å². The number of hydrogen-bond acceptors (Lipinski definition) is 4. The van der Waals surface area contributed by atoms with Gasteiger partial charge in [0, 0.05) is 20.6 Å². The van der Waals surface area contributed by atoms with Crippen LogP contribution in [0.5, 0.6) is 5.75 Å². The molecule has 33 heavy (non-hydrogen) atoms. The molecule has 0 radical (unpaired) electrons. The molecule has 1 unspecified atom stereocenters. The van der Waals surface area contributed by atoms with Crippen molar-refractivity contribution in [1.29, 1.82) is 0 Å². The Morgan fingerprint density at radius 1 is 1.06 bits per heavy atom. The van der Waals surface area contributed by atoms with Crippen LogP contribution in [0.3, 0.4) is 0 Å². The number of aromatic nitrogens is 2. The first-order valence-electron chi connectivity index (χ1n) is 11.4. The average Bonchev–Trinajstić information content (AvgIpc) is 3.17. The summed E-state index contributed by atoms with van der Waals surface area (Å²) < 4.78 is 7.48. The number of rotatable bonds is 7. The molecule has 1 aromatic heterocycles. The van der Waals surface area contributed by atoms with Gasteiger partial charge in [0.2, 0.25) is 0 Å². The Hall–Kier alpha value is -2.33. The van der Waals surface area contributed by atoms with Crippen LogP contribution in [0.1, 0.15) is 36.7 Å². The van der Waals surface area contributed by atoms with Crippen LogP contribution in [0, 0.1) is 0 Å². The van der Waals surface area contributed by atoms with Gasteiger partial charge in [0.05, 0.1) is 30.7 Å². The zero-order valence-electron chi connectivity index (χ0n) is 19.8. The van der Waals surface area contributed by atoms with E-state index < -0.39 is 0 Å². The number of piperidine rings is 1. The van der Waals surface area contributed by atoms with Crippen molar-refractivity contribution in [3.05, 3.63) is 59.9 Å². The highest BCUT2D eigenvalue weighted by atomic mass is 127. The van der Waals surface area contributed by atoms with Crippen molar-refractivity contribution in [3.8, 4) is 5.75 Å². The third-order valence-electron chi connectivity index (χ3n) is 6.31. The molecule has 1 fully saturated rings. The number of aliphatic imine (C=N–C) groups is 1. The van der Waals surface area contributed by atoms with Crippen molar-refractivity contribution >= 4 is 41.0 Å². The fraction of sp³-hybridized carbons (Fsp3) is 0.440. The normalized spacial score (nSPS) is 15.7. The first kappa shape index (κ1) is 25.3. The standard InChI is InChI=1S/C25H34N6O.HI/c1-26-25(28-18-24-29-21-9-5-6-10-22(21)30(24)2)27-17-23(31-15-7-4-8-16-31)19-11-13-20(32-3)14-12-19;/h5-6,9-14,23H,4,7-8,15-18H2,1-3H3,(H2,26,27,28);1H. The van der Waals surface area contributed by atoms with Gasteiger partial charge in [-0.3, -0.25) is 9.89 Å². The lowest BCUT2D eigenvalue weighted by Gasteiger charge is -2.35. The Morgan fingerprint density at radius 3 is 2.45 bits per heavy atom. The number of methoxy groups -OCH3 is 1. The second-order valence-corrected chi connectivity index (χ2v) is 8.27. The van der Waals surface area contributed by atoms with Crippen LogP contribution in [0.25, 0.3) is 11.0 Å². The lowest BCUT2D eigenvalue weighted by Crippen LogP contribution is -2.44. The smallest absolute Gasteiger partial charge is 0.191 e. The number of likely N-dealkylation sites (tertiary alicyclic amines) is 1. The number of fused-ring (bicyclic) bond motifs is 1. The van der Waals surface area contributed by atoms with E-state index in [0.717, 1.165) is 48.2 Å². The summed E-state index contributed by atoms with van der Waals surface area (Å²) in [4.78, 5) is 11.8. The Labute approximate surface area is 213 Å². The van der Waals surface area contributed by atoms with E-state index in [-0.39, 0.29) is 30.0 Å². The molecular formula is C25H35IN6O. The molecule has 7 nitrogen and oxygen atoms in total. The molecule has 3 aromatic rings. The maximum absolute atomic E-state index is 5.35. The van der Waals surface area contributed by atoms with E-state index in [4.69, 9.17) is 9.72 Å². The lowest BCUT2D eigenvalue weighted by atomic mass is 10.0. The summed E-state index contributed by atoms with van der Waals surface area (Å²) in [7, 11) is 5.57. The maximum atomic E-state index is 5.35. The molecule has 1 aliphatic heterocycles. The highest BCUT2D eigenvalue weighted by molar-refractivity contribution is 14.0. The summed E-state index contributed by atoms with van der Waals surface area (Å²) in [6, 6.07) is 16.9. The third kappa shape index (κ3) is 6.17. The number of ether oxygens (including phenoxy) is 1. The van der Waals surface area contributed by atoms with Crippen LogP contribution in [-0.4, -0.2) is 54.2 Å². The molecule has 8 heteroatoms. The summed E-state index contributed by atoms with van der Waals surface area (Å²) in [5, 5.41) is 6.98. The number of nitrogens with one attached hydrogen (secondary N) is 2. The quantitative estimate of drug-likeness (QED) is 0.258. The fourth-order valence-corrected chi connectivity index (χ4v) is 4.44. The van der Waals surface area contributed by atoms with Crippen LogP contribution in [0.2, 0.25) is 0 Å². The zero-order valence-corrected chi connectivity index (χ0v) is 22.1. The van der Waals surface area contributed by atoms with E-state index in [1.807, 2.05) is 37.4 Å². The van der Waals surface area contributed by atoms with Gasteiger partial charge in [0.1, 0.15) is 11.6 Å². The first-order valence-corrected chi connectivity index (χ1v) is 11.4. The number of hydrogen-bond donors (Lipinski definition) is 2. The predicted molar refractivity (Wildman–Crippen MR) is 145 cm³/mol. The van der Waals surface area contributed by atoms with Gasteiger partial charge in [0.15, 0.2) is 5.96 Å². The van der Waals surface area contributed by atoms with E-state index in [1.165, 1.54) is 24.8 Å². The summed E-state index contributed by atoms with van der Waals surface area (Å²) in [6.45, 7) is 3.66. The molecule has 178 valence electrons. The largest absolute Gasteiger partial charge is 0.497 e. The van der Waals surface area contributed by atoms with Gasteiger partial charge in [-0.25, -0.2) is 4.98 Å². The van der Waals surface area contributed by atoms with E-state index in [0.29, 0.717) is 6.54 Å². The number of imidazole rings is 1. The Kier molecular flexibility index (Phi) is 9.37. The second-order valence-electron chi connectivity index (χ2n) is 8.27. The van der Waals surface area contributed by atoms with E-state index in [9.17, 15) is 0 Å². The second kappa shape index (κ2) is 12.2.